The highest BCUT2D eigenvalue weighted by atomic mass is 16.5. The first-order valence-electron chi connectivity index (χ1n) is 8.47. The van der Waals surface area contributed by atoms with E-state index < -0.39 is 0 Å². The quantitative estimate of drug-likeness (QED) is 0.651. The van der Waals surface area contributed by atoms with Crippen molar-refractivity contribution in [3.05, 3.63) is 54.1 Å². The van der Waals surface area contributed by atoms with Crippen molar-refractivity contribution in [1.82, 2.24) is 0 Å². The Labute approximate surface area is 144 Å². The molecule has 0 aliphatic carbocycles. The highest BCUT2D eigenvalue weighted by Crippen LogP contribution is 2.19. The van der Waals surface area contributed by atoms with E-state index in [4.69, 9.17) is 14.2 Å². The molecule has 0 unspecified atom stereocenters. The molecule has 0 bridgehead atoms. The number of hydrogen-bond donors (Lipinski definition) is 1. The lowest BCUT2D eigenvalue weighted by atomic mass is 10.2. The Morgan fingerprint density at radius 2 is 1.75 bits per heavy atom. The molecule has 2 aromatic carbocycles. The third-order valence-corrected chi connectivity index (χ3v) is 3.32. The fourth-order valence-corrected chi connectivity index (χ4v) is 2.24. The van der Waals surface area contributed by atoms with Crippen LogP contribution in [0.3, 0.4) is 0 Å². The average molecular weight is 329 g/mol. The highest BCUT2D eigenvalue weighted by molar-refractivity contribution is 5.47. The van der Waals surface area contributed by atoms with Crippen LogP contribution in [0.25, 0.3) is 0 Å². The zero-order valence-electron chi connectivity index (χ0n) is 14.7. The van der Waals surface area contributed by atoms with E-state index in [1.165, 1.54) is 5.56 Å². The van der Waals surface area contributed by atoms with Gasteiger partial charge >= 0.3 is 0 Å². The van der Waals surface area contributed by atoms with Gasteiger partial charge in [0.25, 0.3) is 0 Å². The number of hydrogen-bond acceptors (Lipinski definition) is 4. The third kappa shape index (κ3) is 6.50. The Balaban J connectivity index is 1.83. The molecule has 1 N–H and O–H groups in total. The monoisotopic (exact) mass is 329 g/mol. The number of rotatable bonds is 10. The maximum Gasteiger partial charge on any atom is 0.119 e. The predicted molar refractivity (Wildman–Crippen MR) is 98.0 cm³/mol. The van der Waals surface area contributed by atoms with Gasteiger partial charge in [0.05, 0.1) is 12.7 Å². The zero-order valence-corrected chi connectivity index (χ0v) is 14.7. The first-order valence-corrected chi connectivity index (χ1v) is 8.47. The molecule has 0 atom stereocenters. The summed E-state index contributed by atoms with van der Waals surface area (Å²) in [6.07, 6.45) is 0.189. The summed E-state index contributed by atoms with van der Waals surface area (Å²) in [4.78, 5) is 0. The van der Waals surface area contributed by atoms with Crippen molar-refractivity contribution >= 4 is 5.69 Å². The Morgan fingerprint density at radius 1 is 0.958 bits per heavy atom. The molecular weight excluding hydrogens is 302 g/mol. The van der Waals surface area contributed by atoms with Crippen molar-refractivity contribution in [1.29, 1.82) is 0 Å². The minimum atomic E-state index is 0.189. The van der Waals surface area contributed by atoms with Gasteiger partial charge in [-0.25, -0.2) is 0 Å². The molecule has 0 saturated carbocycles. The van der Waals surface area contributed by atoms with E-state index in [-0.39, 0.29) is 6.10 Å². The molecule has 2 rings (SSSR count). The highest BCUT2D eigenvalue weighted by Gasteiger charge is 2.00. The summed E-state index contributed by atoms with van der Waals surface area (Å²) in [7, 11) is 0. The third-order valence-electron chi connectivity index (χ3n) is 3.32. The smallest absolute Gasteiger partial charge is 0.119 e. The molecule has 0 aromatic heterocycles. The largest absolute Gasteiger partial charge is 0.491 e. The topological polar surface area (TPSA) is 39.7 Å². The van der Waals surface area contributed by atoms with Gasteiger partial charge in [-0.15, -0.1) is 0 Å². The summed E-state index contributed by atoms with van der Waals surface area (Å²) in [5, 5.41) is 3.41. The van der Waals surface area contributed by atoms with Crippen LogP contribution in [0.5, 0.6) is 11.5 Å². The maximum absolute atomic E-state index is 5.68. The van der Waals surface area contributed by atoms with Gasteiger partial charge in [0.15, 0.2) is 0 Å². The van der Waals surface area contributed by atoms with Crippen molar-refractivity contribution < 1.29 is 14.2 Å². The number of ether oxygens (including phenoxy) is 3. The minimum Gasteiger partial charge on any atom is -0.491 e. The van der Waals surface area contributed by atoms with Crippen LogP contribution in [0.15, 0.2) is 48.5 Å². The number of benzene rings is 2. The van der Waals surface area contributed by atoms with E-state index >= 15 is 0 Å². The van der Waals surface area contributed by atoms with Gasteiger partial charge in [-0.05, 0) is 62.7 Å². The van der Waals surface area contributed by atoms with Gasteiger partial charge in [-0.3, -0.25) is 0 Å². The molecule has 0 heterocycles. The summed E-state index contributed by atoms with van der Waals surface area (Å²) in [5.74, 6) is 1.76. The molecule has 24 heavy (non-hydrogen) atoms. The van der Waals surface area contributed by atoms with Gasteiger partial charge in [-0.2, -0.15) is 0 Å². The summed E-state index contributed by atoms with van der Waals surface area (Å²) in [6, 6.07) is 16.1. The van der Waals surface area contributed by atoms with Crippen LogP contribution >= 0.6 is 0 Å². The van der Waals surface area contributed by atoms with E-state index in [0.717, 1.165) is 23.7 Å². The van der Waals surface area contributed by atoms with Crippen LogP contribution in [-0.4, -0.2) is 25.9 Å². The first-order chi connectivity index (χ1) is 11.7. The maximum atomic E-state index is 5.68. The van der Waals surface area contributed by atoms with Crippen molar-refractivity contribution in [2.24, 2.45) is 0 Å². The number of nitrogens with one attached hydrogen (secondary N) is 1. The Hall–Kier alpha value is -2.20. The van der Waals surface area contributed by atoms with E-state index in [1.807, 2.05) is 57.2 Å². The summed E-state index contributed by atoms with van der Waals surface area (Å²) in [5.41, 5.74) is 2.24. The molecule has 4 heteroatoms. The average Bonchev–Trinajstić information content (AvgIpc) is 2.58. The van der Waals surface area contributed by atoms with E-state index in [9.17, 15) is 0 Å². The van der Waals surface area contributed by atoms with Gasteiger partial charge in [0, 0.05) is 18.8 Å². The van der Waals surface area contributed by atoms with Gasteiger partial charge in [0.1, 0.15) is 18.1 Å². The molecule has 2 aromatic rings. The van der Waals surface area contributed by atoms with Crippen LogP contribution in [0.4, 0.5) is 5.69 Å². The first kappa shape index (κ1) is 18.1. The number of anilines is 1. The molecule has 0 saturated heterocycles. The molecule has 0 fully saturated rings. The standard InChI is InChI=1S/C20H27NO3/c1-4-22-12-13-23-20-7-5-6-17(14-20)15-21-18-8-10-19(11-9-18)24-16(2)3/h5-11,14,16,21H,4,12-13,15H2,1-3H3. The van der Waals surface area contributed by atoms with E-state index in [0.29, 0.717) is 19.8 Å². The van der Waals surface area contributed by atoms with Crippen LogP contribution in [0.2, 0.25) is 0 Å². The zero-order chi connectivity index (χ0) is 17.2. The molecule has 4 nitrogen and oxygen atoms in total. The molecule has 130 valence electrons. The van der Waals surface area contributed by atoms with Crippen LogP contribution in [0.1, 0.15) is 26.3 Å². The van der Waals surface area contributed by atoms with Crippen molar-refractivity contribution in [3.8, 4) is 11.5 Å². The van der Waals surface area contributed by atoms with Crippen LogP contribution in [0, 0.1) is 0 Å². The van der Waals surface area contributed by atoms with Gasteiger partial charge in [0.2, 0.25) is 0 Å². The second kappa shape index (κ2) is 9.83. The van der Waals surface area contributed by atoms with Crippen molar-refractivity contribution in [2.75, 3.05) is 25.1 Å². The minimum absolute atomic E-state index is 0.189. The Morgan fingerprint density at radius 3 is 2.46 bits per heavy atom. The SMILES string of the molecule is CCOCCOc1cccc(CNc2ccc(OC(C)C)cc2)c1. The Bertz CT molecular complexity index is 596. The fraction of sp³-hybridized carbons (Fsp3) is 0.400. The van der Waals surface area contributed by atoms with E-state index in [2.05, 4.69) is 17.4 Å². The molecule has 0 spiro atoms. The summed E-state index contributed by atoms with van der Waals surface area (Å²) >= 11 is 0. The lowest BCUT2D eigenvalue weighted by Gasteiger charge is -2.12. The van der Waals surface area contributed by atoms with Crippen molar-refractivity contribution in [3.63, 3.8) is 0 Å². The van der Waals surface area contributed by atoms with Crippen molar-refractivity contribution in [2.45, 2.75) is 33.4 Å². The summed E-state index contributed by atoms with van der Waals surface area (Å²) < 4.78 is 16.6. The Kier molecular flexibility index (Phi) is 7.43. The van der Waals surface area contributed by atoms with Gasteiger partial charge in [-0.1, -0.05) is 12.1 Å². The molecule has 0 radical (unpaired) electrons. The lowest BCUT2D eigenvalue weighted by molar-refractivity contribution is 0.110. The normalized spacial score (nSPS) is 10.7. The molecular formula is C20H27NO3. The second-order valence-corrected chi connectivity index (χ2v) is 5.74. The summed E-state index contributed by atoms with van der Waals surface area (Å²) in [6.45, 7) is 8.67. The van der Waals surface area contributed by atoms with Crippen LogP contribution < -0.4 is 14.8 Å². The second-order valence-electron chi connectivity index (χ2n) is 5.74. The molecule has 0 aliphatic rings. The lowest BCUT2D eigenvalue weighted by Crippen LogP contribution is -2.07. The predicted octanol–water partition coefficient (Wildman–Crippen LogP) is 4.50. The fourth-order valence-electron chi connectivity index (χ4n) is 2.24. The van der Waals surface area contributed by atoms with Gasteiger partial charge < -0.3 is 19.5 Å². The van der Waals surface area contributed by atoms with E-state index in [1.54, 1.807) is 0 Å². The molecule has 0 aliphatic heterocycles. The van der Waals surface area contributed by atoms with Crippen LogP contribution in [-0.2, 0) is 11.3 Å². The molecule has 0 amide bonds.